The van der Waals surface area contributed by atoms with Crippen molar-refractivity contribution in [2.45, 2.75) is 76.8 Å². The molecule has 0 saturated carbocycles. The van der Waals surface area contributed by atoms with E-state index in [4.69, 9.17) is 18.9 Å². The third-order valence-corrected chi connectivity index (χ3v) is 11.3. The summed E-state index contributed by atoms with van der Waals surface area (Å²) < 4.78 is 25.2. The summed E-state index contributed by atoms with van der Waals surface area (Å²) in [5.41, 5.74) is 8.39. The van der Waals surface area contributed by atoms with Crippen LogP contribution in [0.15, 0.2) is 146 Å². The Balaban J connectivity index is 0.769. The van der Waals surface area contributed by atoms with Crippen molar-refractivity contribution in [3.05, 3.63) is 190 Å². The summed E-state index contributed by atoms with van der Waals surface area (Å²) >= 11 is 0. The van der Waals surface area contributed by atoms with Crippen LogP contribution in [0.4, 0.5) is 0 Å². The van der Waals surface area contributed by atoms with E-state index in [1.165, 1.54) is 0 Å². The molecule has 306 valence electrons. The molecule has 2 atom stereocenters. The minimum atomic E-state index is -0.200. The van der Waals surface area contributed by atoms with E-state index >= 15 is 0 Å². The monoisotopic (exact) mass is 800 g/mol. The molecule has 8 heteroatoms. The second-order valence-corrected chi connectivity index (χ2v) is 15.5. The maximum Gasteiger partial charge on any atom is 0.227 e. The molecule has 0 bridgehead atoms. The first-order valence-corrected chi connectivity index (χ1v) is 21.1. The molecule has 0 fully saturated rings. The van der Waals surface area contributed by atoms with Gasteiger partial charge in [-0.1, -0.05) is 146 Å². The Labute approximate surface area is 352 Å². The molecule has 0 saturated heterocycles. The van der Waals surface area contributed by atoms with Gasteiger partial charge < -0.3 is 29.6 Å². The Morgan fingerprint density at radius 2 is 0.750 bits per heavy atom. The first kappa shape index (κ1) is 40.2. The highest BCUT2D eigenvalue weighted by atomic mass is 16.5. The normalized spacial score (nSPS) is 14.7. The van der Waals surface area contributed by atoms with Crippen LogP contribution < -0.4 is 29.6 Å². The van der Waals surface area contributed by atoms with E-state index in [-0.39, 0.29) is 23.7 Å². The number of benzene rings is 6. The van der Waals surface area contributed by atoms with Crippen molar-refractivity contribution in [1.29, 1.82) is 0 Å². The second kappa shape index (κ2) is 19.9. The van der Waals surface area contributed by atoms with Crippen LogP contribution >= 0.6 is 0 Å². The van der Waals surface area contributed by atoms with Gasteiger partial charge in [0.2, 0.25) is 11.8 Å². The van der Waals surface area contributed by atoms with Crippen LogP contribution in [0.25, 0.3) is 0 Å². The van der Waals surface area contributed by atoms with Crippen LogP contribution in [0, 0.1) is 0 Å². The number of carbonyl (C=O) groups excluding carboxylic acids is 2. The zero-order valence-corrected chi connectivity index (χ0v) is 33.9. The maximum atomic E-state index is 13.3. The van der Waals surface area contributed by atoms with E-state index in [0.717, 1.165) is 81.7 Å². The van der Waals surface area contributed by atoms with Crippen LogP contribution in [0.5, 0.6) is 23.0 Å². The fourth-order valence-electron chi connectivity index (χ4n) is 7.90. The van der Waals surface area contributed by atoms with Crippen molar-refractivity contribution in [3.63, 3.8) is 0 Å². The number of amides is 2. The second-order valence-electron chi connectivity index (χ2n) is 15.5. The molecule has 6 aromatic rings. The molecule has 2 aliphatic carbocycles. The number of fused-ring (bicyclic) bond motifs is 2. The van der Waals surface area contributed by atoms with E-state index < -0.39 is 0 Å². The summed E-state index contributed by atoms with van der Waals surface area (Å²) in [5, 5.41) is 6.31. The van der Waals surface area contributed by atoms with Gasteiger partial charge in [0.25, 0.3) is 0 Å². The first-order valence-electron chi connectivity index (χ1n) is 21.1. The number of hydrogen-bond acceptors (Lipinski definition) is 6. The maximum absolute atomic E-state index is 13.3. The van der Waals surface area contributed by atoms with Crippen molar-refractivity contribution in [2.24, 2.45) is 0 Å². The lowest BCUT2D eigenvalue weighted by atomic mass is 9.76. The highest BCUT2D eigenvalue weighted by Crippen LogP contribution is 2.48. The first-order chi connectivity index (χ1) is 29.6. The fraction of sp³-hybridized carbons (Fsp3) is 0.269. The molecule has 0 aromatic heterocycles. The Bertz CT molecular complexity index is 2170. The molecule has 0 heterocycles. The Morgan fingerprint density at radius 3 is 1.10 bits per heavy atom. The van der Waals surface area contributed by atoms with Gasteiger partial charge in [0.05, 0.1) is 11.8 Å². The number of carbonyl (C=O) groups is 2. The van der Waals surface area contributed by atoms with Gasteiger partial charge in [-0.3, -0.25) is 9.59 Å². The Hall–Kier alpha value is -6.54. The average Bonchev–Trinajstić information content (AvgIpc) is 3.27. The minimum absolute atomic E-state index is 0.0472. The standard InChI is InChI=1S/C52H52N2O6/c55-51(45-31-43-41(45)25-27-47(57-33-37-17-7-3-8-18-37)49(43)59-35-39-21-11-5-12-22-39)53-29-15-1-2-16-30-54-52(56)46-32-44-42(46)26-28-48(58-34-38-19-9-4-10-20-38)50(44)60-36-40-23-13-6-14-24-40/h3-14,17-28,45-46H,1-2,15-16,29-36H2,(H,53,55)(H,54,56). The molecule has 8 nitrogen and oxygen atoms in total. The van der Waals surface area contributed by atoms with Crippen LogP contribution in [-0.4, -0.2) is 24.9 Å². The van der Waals surface area contributed by atoms with Gasteiger partial charge in [0, 0.05) is 24.2 Å². The number of ether oxygens (including phenoxy) is 4. The summed E-state index contributed by atoms with van der Waals surface area (Å²) in [6.07, 6.45) is 4.93. The van der Waals surface area contributed by atoms with Gasteiger partial charge >= 0.3 is 0 Å². The lowest BCUT2D eigenvalue weighted by Crippen LogP contribution is -2.36. The summed E-state index contributed by atoms with van der Waals surface area (Å²) in [7, 11) is 0. The molecule has 0 radical (unpaired) electrons. The number of unbranched alkanes of at least 4 members (excludes halogenated alkanes) is 3. The SMILES string of the molecule is O=C(NCCCCCCNC(=O)C1Cc2c1ccc(OCc1ccccc1)c2OCc1ccccc1)C1Cc2c1ccc(OCc1ccccc1)c2OCc1ccccc1. The van der Waals surface area contributed by atoms with E-state index in [9.17, 15) is 9.59 Å². The summed E-state index contributed by atoms with van der Waals surface area (Å²) in [6, 6.07) is 48.2. The van der Waals surface area contributed by atoms with Crippen molar-refractivity contribution < 1.29 is 28.5 Å². The predicted molar refractivity (Wildman–Crippen MR) is 233 cm³/mol. The molecule has 2 aliphatic rings. The summed E-state index contributed by atoms with van der Waals surface area (Å²) in [4.78, 5) is 26.5. The average molecular weight is 801 g/mol. The highest BCUT2D eigenvalue weighted by Gasteiger charge is 2.37. The van der Waals surface area contributed by atoms with Crippen molar-refractivity contribution >= 4 is 11.8 Å². The molecule has 0 spiro atoms. The number of hydrogen-bond donors (Lipinski definition) is 2. The molecular weight excluding hydrogens is 749 g/mol. The van der Waals surface area contributed by atoms with Gasteiger partial charge in [-0.25, -0.2) is 0 Å². The third kappa shape index (κ3) is 10.0. The van der Waals surface area contributed by atoms with Crippen LogP contribution in [0.1, 0.15) is 82.0 Å². The van der Waals surface area contributed by atoms with Crippen LogP contribution in [-0.2, 0) is 48.9 Å². The molecule has 2 amide bonds. The van der Waals surface area contributed by atoms with Gasteiger partial charge in [-0.2, -0.15) is 0 Å². The molecule has 0 aliphatic heterocycles. The zero-order chi connectivity index (χ0) is 40.9. The zero-order valence-electron chi connectivity index (χ0n) is 33.9. The summed E-state index contributed by atoms with van der Waals surface area (Å²) in [6.45, 7) is 2.96. The molecule has 2 unspecified atom stereocenters. The predicted octanol–water partition coefficient (Wildman–Crippen LogP) is 9.77. The molecule has 8 rings (SSSR count). The lowest BCUT2D eigenvalue weighted by molar-refractivity contribution is -0.123. The largest absolute Gasteiger partial charge is 0.485 e. The van der Waals surface area contributed by atoms with E-state index in [2.05, 4.69) is 10.6 Å². The lowest BCUT2D eigenvalue weighted by Gasteiger charge is -2.32. The van der Waals surface area contributed by atoms with Crippen molar-refractivity contribution in [1.82, 2.24) is 10.6 Å². The Kier molecular flexibility index (Phi) is 13.4. The van der Waals surface area contributed by atoms with Gasteiger partial charge in [0.15, 0.2) is 23.0 Å². The highest BCUT2D eigenvalue weighted by molar-refractivity contribution is 5.88. The van der Waals surface area contributed by atoms with E-state index in [1.807, 2.05) is 146 Å². The molecule has 2 N–H and O–H groups in total. The molecule has 60 heavy (non-hydrogen) atoms. The topological polar surface area (TPSA) is 95.1 Å². The van der Waals surface area contributed by atoms with E-state index in [0.29, 0.717) is 63.9 Å². The van der Waals surface area contributed by atoms with Crippen molar-refractivity contribution in [2.75, 3.05) is 13.1 Å². The van der Waals surface area contributed by atoms with Gasteiger partial charge in [0.1, 0.15) is 26.4 Å². The Morgan fingerprint density at radius 1 is 0.417 bits per heavy atom. The minimum Gasteiger partial charge on any atom is -0.485 e. The van der Waals surface area contributed by atoms with Crippen molar-refractivity contribution in [3.8, 4) is 23.0 Å². The smallest absolute Gasteiger partial charge is 0.227 e. The van der Waals surface area contributed by atoms with Gasteiger partial charge in [-0.05, 0) is 71.2 Å². The summed E-state index contributed by atoms with van der Waals surface area (Å²) in [5.74, 6) is 2.53. The van der Waals surface area contributed by atoms with Crippen LogP contribution in [0.3, 0.4) is 0 Å². The van der Waals surface area contributed by atoms with Gasteiger partial charge in [-0.15, -0.1) is 0 Å². The quantitative estimate of drug-likeness (QED) is 0.0705. The number of nitrogens with one attached hydrogen (secondary N) is 2. The van der Waals surface area contributed by atoms with Crippen LogP contribution in [0.2, 0.25) is 0 Å². The number of rotatable bonds is 21. The molecule has 6 aromatic carbocycles. The fourth-order valence-corrected chi connectivity index (χ4v) is 7.90. The third-order valence-electron chi connectivity index (χ3n) is 11.3. The van der Waals surface area contributed by atoms with E-state index in [1.54, 1.807) is 0 Å². The molecular formula is C52H52N2O6.